The molecule has 2 aromatic heterocycles. The lowest BCUT2D eigenvalue weighted by Gasteiger charge is -2.26. The van der Waals surface area contributed by atoms with Crippen molar-refractivity contribution < 1.29 is 4.42 Å². The van der Waals surface area contributed by atoms with Gasteiger partial charge in [0.15, 0.2) is 0 Å². The molecule has 0 unspecified atom stereocenters. The van der Waals surface area contributed by atoms with Crippen molar-refractivity contribution in [2.24, 2.45) is 0 Å². The van der Waals surface area contributed by atoms with Gasteiger partial charge in [0.2, 0.25) is 0 Å². The number of hydrogen-bond acceptors (Lipinski definition) is 3. The molecule has 0 spiro atoms. The summed E-state index contributed by atoms with van der Waals surface area (Å²) in [5, 5.41) is 7.38. The minimum Gasteiger partial charge on any atom is -0.456 e. The van der Waals surface area contributed by atoms with E-state index in [1.807, 2.05) is 23.5 Å². The first-order valence-corrected chi connectivity index (χ1v) is 17.7. The van der Waals surface area contributed by atoms with Gasteiger partial charge in [-0.1, -0.05) is 97.1 Å². The highest BCUT2D eigenvalue weighted by Gasteiger charge is 2.17. The van der Waals surface area contributed by atoms with E-state index in [1.54, 1.807) is 0 Å². The fraction of sp³-hybridized carbons (Fsp3) is 0.0435. The summed E-state index contributed by atoms with van der Waals surface area (Å²) >= 11 is 1.86. The molecule has 7 aromatic carbocycles. The third-order valence-electron chi connectivity index (χ3n) is 9.95. The number of furan rings is 1. The third kappa shape index (κ3) is 4.77. The smallest absolute Gasteiger partial charge is 0.136 e. The molecule has 232 valence electrons. The van der Waals surface area contributed by atoms with E-state index >= 15 is 0 Å². The third-order valence-corrected chi connectivity index (χ3v) is 11.1. The Bertz CT molecular complexity index is 2760. The molecule has 9 aromatic rings. The lowest BCUT2D eigenvalue weighted by molar-refractivity contribution is 0.669. The molecule has 0 aliphatic heterocycles. The maximum Gasteiger partial charge on any atom is 0.136 e. The Morgan fingerprint density at radius 3 is 2.04 bits per heavy atom. The number of anilines is 3. The number of hydrogen-bond donors (Lipinski definition) is 0. The minimum atomic E-state index is 0.929. The second-order valence-corrected chi connectivity index (χ2v) is 13.9. The molecule has 3 heteroatoms. The van der Waals surface area contributed by atoms with Crippen molar-refractivity contribution in [1.82, 2.24) is 0 Å². The van der Waals surface area contributed by atoms with Gasteiger partial charge >= 0.3 is 0 Å². The van der Waals surface area contributed by atoms with Crippen LogP contribution >= 0.6 is 11.3 Å². The standard InChI is InChI=1S/C46H31NOS/c1-2-8-30(9-3-1)31-14-20-35(21-15-31)47(37-24-27-45-41(29-37)39-10-5-7-13-44(39)49-45)36-22-16-32(17-23-36)33-18-25-38-34(28-33)19-26-43-46(38)40-11-4-6-12-42(40)48-43/h1-2,4-8,10-29H,3,9H2. The summed E-state index contributed by atoms with van der Waals surface area (Å²) in [5.41, 5.74) is 10.4. The average molecular weight is 646 g/mol. The maximum atomic E-state index is 6.15. The van der Waals surface area contributed by atoms with Crippen LogP contribution in [0.2, 0.25) is 0 Å². The molecule has 0 N–H and O–H groups in total. The Labute approximate surface area is 288 Å². The number of thiophene rings is 1. The van der Waals surface area contributed by atoms with Gasteiger partial charge in [0.25, 0.3) is 0 Å². The van der Waals surface area contributed by atoms with E-state index in [0.29, 0.717) is 0 Å². The average Bonchev–Trinajstić information content (AvgIpc) is 3.74. The Morgan fingerprint density at radius 1 is 0.510 bits per heavy atom. The molecule has 2 heterocycles. The summed E-state index contributed by atoms with van der Waals surface area (Å²) in [5.74, 6) is 0. The van der Waals surface area contributed by atoms with Crippen LogP contribution in [0.4, 0.5) is 17.1 Å². The van der Waals surface area contributed by atoms with Gasteiger partial charge in [0, 0.05) is 48.0 Å². The van der Waals surface area contributed by atoms with Gasteiger partial charge in [-0.2, -0.15) is 0 Å². The maximum absolute atomic E-state index is 6.15. The molecule has 10 rings (SSSR count). The Morgan fingerprint density at radius 2 is 1.22 bits per heavy atom. The van der Waals surface area contributed by atoms with E-state index in [9.17, 15) is 0 Å². The van der Waals surface area contributed by atoms with E-state index in [4.69, 9.17) is 4.42 Å². The van der Waals surface area contributed by atoms with E-state index < -0.39 is 0 Å². The lowest BCUT2D eigenvalue weighted by atomic mass is 9.97. The van der Waals surface area contributed by atoms with Crippen LogP contribution in [-0.2, 0) is 0 Å². The highest BCUT2D eigenvalue weighted by atomic mass is 32.1. The molecule has 0 fully saturated rings. The van der Waals surface area contributed by atoms with Crippen molar-refractivity contribution in [2.75, 3.05) is 4.90 Å². The fourth-order valence-electron chi connectivity index (χ4n) is 7.50. The normalized spacial score (nSPS) is 13.2. The van der Waals surface area contributed by atoms with Crippen molar-refractivity contribution in [3.8, 4) is 11.1 Å². The van der Waals surface area contributed by atoms with Gasteiger partial charge in [0.05, 0.1) is 0 Å². The Balaban J connectivity index is 1.06. The predicted molar refractivity (Wildman–Crippen MR) is 211 cm³/mol. The number of benzene rings is 7. The predicted octanol–water partition coefficient (Wildman–Crippen LogP) is 14.0. The summed E-state index contributed by atoms with van der Waals surface area (Å²) in [4.78, 5) is 2.38. The molecular formula is C46H31NOS. The van der Waals surface area contributed by atoms with Crippen LogP contribution in [0.3, 0.4) is 0 Å². The van der Waals surface area contributed by atoms with E-state index in [0.717, 1.165) is 46.5 Å². The zero-order valence-corrected chi connectivity index (χ0v) is 27.6. The largest absolute Gasteiger partial charge is 0.456 e. The first-order chi connectivity index (χ1) is 24.3. The molecule has 49 heavy (non-hydrogen) atoms. The van der Waals surface area contributed by atoms with Gasteiger partial charge in [-0.05, 0) is 113 Å². The van der Waals surface area contributed by atoms with Gasteiger partial charge in [-0.25, -0.2) is 0 Å². The number of rotatable bonds is 5. The molecule has 0 bridgehead atoms. The zero-order chi connectivity index (χ0) is 32.3. The molecular weight excluding hydrogens is 615 g/mol. The number of fused-ring (bicyclic) bond motifs is 8. The second kappa shape index (κ2) is 11.4. The lowest BCUT2D eigenvalue weighted by Crippen LogP contribution is -2.10. The van der Waals surface area contributed by atoms with Gasteiger partial charge < -0.3 is 9.32 Å². The van der Waals surface area contributed by atoms with Crippen molar-refractivity contribution in [3.05, 3.63) is 169 Å². The SMILES string of the molecule is C1=CCCC(c2ccc(N(c3ccc(-c4ccc5c(ccc6oc7ccccc7c65)c4)cc3)c3ccc4sc5ccccc5c4c3)cc2)=C1. The molecule has 1 aliphatic rings. The van der Waals surface area contributed by atoms with Crippen LogP contribution in [0.5, 0.6) is 0 Å². The van der Waals surface area contributed by atoms with Crippen molar-refractivity contribution >= 4 is 86.9 Å². The monoisotopic (exact) mass is 645 g/mol. The van der Waals surface area contributed by atoms with Gasteiger partial charge in [0.1, 0.15) is 11.2 Å². The number of para-hydroxylation sites is 1. The number of nitrogens with zero attached hydrogens (tertiary/aromatic N) is 1. The van der Waals surface area contributed by atoms with Crippen LogP contribution in [0, 0.1) is 0 Å². The van der Waals surface area contributed by atoms with Crippen molar-refractivity contribution in [2.45, 2.75) is 12.8 Å². The molecule has 0 atom stereocenters. The molecule has 0 radical (unpaired) electrons. The van der Waals surface area contributed by atoms with Gasteiger partial charge in [-0.15, -0.1) is 11.3 Å². The molecule has 0 amide bonds. The molecule has 1 aliphatic carbocycles. The van der Waals surface area contributed by atoms with Crippen LogP contribution in [-0.4, -0.2) is 0 Å². The number of allylic oxidation sites excluding steroid dienone is 4. The van der Waals surface area contributed by atoms with E-state index in [-0.39, 0.29) is 0 Å². The quantitative estimate of drug-likeness (QED) is 0.185. The summed E-state index contributed by atoms with van der Waals surface area (Å²) in [6.45, 7) is 0. The van der Waals surface area contributed by atoms with Crippen LogP contribution in [0.1, 0.15) is 18.4 Å². The highest BCUT2D eigenvalue weighted by molar-refractivity contribution is 7.25. The van der Waals surface area contributed by atoms with Crippen LogP contribution in [0.15, 0.2) is 168 Å². The minimum absolute atomic E-state index is 0.929. The first kappa shape index (κ1) is 28.1. The van der Waals surface area contributed by atoms with Gasteiger partial charge in [-0.3, -0.25) is 0 Å². The summed E-state index contributed by atoms with van der Waals surface area (Å²) < 4.78 is 8.78. The molecule has 0 saturated carbocycles. The highest BCUT2D eigenvalue weighted by Crippen LogP contribution is 2.42. The van der Waals surface area contributed by atoms with Crippen molar-refractivity contribution in [1.29, 1.82) is 0 Å². The summed E-state index contributed by atoms with van der Waals surface area (Å²) in [6.07, 6.45) is 8.85. The van der Waals surface area contributed by atoms with Crippen LogP contribution < -0.4 is 4.90 Å². The van der Waals surface area contributed by atoms with Crippen LogP contribution in [0.25, 0.3) is 69.6 Å². The summed E-state index contributed by atoms with van der Waals surface area (Å²) in [7, 11) is 0. The van der Waals surface area contributed by atoms with E-state index in [2.05, 4.69) is 157 Å². The topological polar surface area (TPSA) is 16.4 Å². The van der Waals surface area contributed by atoms with Crippen molar-refractivity contribution in [3.63, 3.8) is 0 Å². The first-order valence-electron chi connectivity index (χ1n) is 16.9. The zero-order valence-electron chi connectivity index (χ0n) is 26.8. The molecule has 0 saturated heterocycles. The Hall–Kier alpha value is -5.90. The second-order valence-electron chi connectivity index (χ2n) is 12.8. The fourth-order valence-corrected chi connectivity index (χ4v) is 8.59. The Kier molecular flexibility index (Phi) is 6.53. The van der Waals surface area contributed by atoms with E-state index in [1.165, 1.54) is 58.6 Å². The molecule has 2 nitrogen and oxygen atoms in total. The summed E-state index contributed by atoms with van der Waals surface area (Å²) in [6, 6.07) is 53.1.